The molecule has 2 aliphatic rings. The second-order valence-electron chi connectivity index (χ2n) is 6.45. The molecule has 0 saturated heterocycles. The summed E-state index contributed by atoms with van der Waals surface area (Å²) in [6.07, 6.45) is 6.37. The van der Waals surface area contributed by atoms with Gasteiger partial charge in [-0.25, -0.2) is 13.1 Å². The third kappa shape index (κ3) is 3.47. The standard InChI is InChI=1S/C16H24N2O2S/c17-15-10-13-8-4-5-9-14(13)16(15)18-21(19,20)11-12-6-2-1-3-7-12/h4-5,8-9,12,15-16,18H,1-3,6-7,10-11,17H2. The Morgan fingerprint density at radius 2 is 1.86 bits per heavy atom. The third-order valence-corrected chi connectivity index (χ3v) is 6.28. The fourth-order valence-electron chi connectivity index (χ4n) is 3.68. The van der Waals surface area contributed by atoms with Gasteiger partial charge in [-0.05, 0) is 36.3 Å². The summed E-state index contributed by atoms with van der Waals surface area (Å²) in [6, 6.07) is 7.50. The predicted octanol–water partition coefficient (Wildman–Crippen LogP) is 2.11. The van der Waals surface area contributed by atoms with Gasteiger partial charge in [-0.2, -0.15) is 0 Å². The van der Waals surface area contributed by atoms with E-state index in [1.165, 1.54) is 6.42 Å². The third-order valence-electron chi connectivity index (χ3n) is 4.76. The van der Waals surface area contributed by atoms with Crippen LogP contribution in [-0.4, -0.2) is 20.2 Å². The van der Waals surface area contributed by atoms with Gasteiger partial charge in [0.05, 0.1) is 11.8 Å². The van der Waals surface area contributed by atoms with Gasteiger partial charge in [-0.15, -0.1) is 0 Å². The van der Waals surface area contributed by atoms with Crippen molar-refractivity contribution in [3.05, 3.63) is 35.4 Å². The zero-order valence-corrected chi connectivity index (χ0v) is 13.1. The molecule has 1 saturated carbocycles. The van der Waals surface area contributed by atoms with E-state index in [1.807, 2.05) is 24.3 Å². The van der Waals surface area contributed by atoms with Crippen molar-refractivity contribution < 1.29 is 8.42 Å². The SMILES string of the molecule is NC1Cc2ccccc2C1NS(=O)(=O)CC1CCCCC1. The number of hydrogen-bond acceptors (Lipinski definition) is 3. The quantitative estimate of drug-likeness (QED) is 0.895. The second kappa shape index (κ2) is 6.07. The second-order valence-corrected chi connectivity index (χ2v) is 8.25. The molecule has 116 valence electrons. The highest BCUT2D eigenvalue weighted by molar-refractivity contribution is 7.89. The van der Waals surface area contributed by atoms with Gasteiger partial charge in [0, 0.05) is 6.04 Å². The maximum atomic E-state index is 12.4. The fraction of sp³-hybridized carbons (Fsp3) is 0.625. The summed E-state index contributed by atoms with van der Waals surface area (Å²) < 4.78 is 27.7. The van der Waals surface area contributed by atoms with Crippen LogP contribution in [-0.2, 0) is 16.4 Å². The van der Waals surface area contributed by atoms with Gasteiger partial charge in [0.25, 0.3) is 0 Å². The summed E-state index contributed by atoms with van der Waals surface area (Å²) >= 11 is 0. The topological polar surface area (TPSA) is 72.2 Å². The minimum atomic E-state index is -3.27. The Balaban J connectivity index is 1.70. The van der Waals surface area contributed by atoms with E-state index < -0.39 is 10.0 Å². The van der Waals surface area contributed by atoms with Crippen molar-refractivity contribution in [3.63, 3.8) is 0 Å². The maximum absolute atomic E-state index is 12.4. The first-order valence-electron chi connectivity index (χ1n) is 7.88. The van der Waals surface area contributed by atoms with Crippen LogP contribution in [0.15, 0.2) is 24.3 Å². The number of benzene rings is 1. The Morgan fingerprint density at radius 3 is 2.62 bits per heavy atom. The van der Waals surface area contributed by atoms with Crippen LogP contribution in [0.1, 0.15) is 49.3 Å². The Kier molecular flexibility index (Phi) is 4.33. The molecule has 0 heterocycles. The summed E-state index contributed by atoms with van der Waals surface area (Å²) in [7, 11) is -3.27. The monoisotopic (exact) mass is 308 g/mol. The van der Waals surface area contributed by atoms with Gasteiger partial charge in [-0.3, -0.25) is 0 Å². The van der Waals surface area contributed by atoms with E-state index in [0.29, 0.717) is 5.92 Å². The molecule has 1 fully saturated rings. The molecule has 0 amide bonds. The normalized spacial score (nSPS) is 26.7. The predicted molar refractivity (Wildman–Crippen MR) is 84.4 cm³/mol. The van der Waals surface area contributed by atoms with Gasteiger partial charge in [0.2, 0.25) is 10.0 Å². The van der Waals surface area contributed by atoms with Gasteiger partial charge in [0.15, 0.2) is 0 Å². The largest absolute Gasteiger partial charge is 0.326 e. The minimum Gasteiger partial charge on any atom is -0.326 e. The number of nitrogens with two attached hydrogens (primary N) is 1. The molecule has 3 rings (SSSR count). The number of fused-ring (bicyclic) bond motifs is 1. The summed E-state index contributed by atoms with van der Waals surface area (Å²) in [5.41, 5.74) is 8.34. The Morgan fingerprint density at radius 1 is 1.14 bits per heavy atom. The first-order chi connectivity index (χ1) is 10.1. The maximum Gasteiger partial charge on any atom is 0.212 e. The van der Waals surface area contributed by atoms with Crippen LogP contribution in [0.2, 0.25) is 0 Å². The van der Waals surface area contributed by atoms with Crippen LogP contribution in [0.3, 0.4) is 0 Å². The van der Waals surface area contributed by atoms with Crippen molar-refractivity contribution in [2.75, 3.05) is 5.75 Å². The van der Waals surface area contributed by atoms with Gasteiger partial charge in [0.1, 0.15) is 0 Å². The van der Waals surface area contributed by atoms with E-state index >= 15 is 0 Å². The van der Waals surface area contributed by atoms with E-state index in [4.69, 9.17) is 5.73 Å². The van der Waals surface area contributed by atoms with Crippen LogP contribution in [0.4, 0.5) is 0 Å². The van der Waals surface area contributed by atoms with Crippen molar-refractivity contribution in [1.82, 2.24) is 4.72 Å². The summed E-state index contributed by atoms with van der Waals surface area (Å²) in [5, 5.41) is 0. The van der Waals surface area contributed by atoms with Crippen LogP contribution >= 0.6 is 0 Å². The highest BCUT2D eigenvalue weighted by Crippen LogP contribution is 2.31. The Hall–Kier alpha value is -0.910. The first-order valence-corrected chi connectivity index (χ1v) is 9.54. The zero-order valence-electron chi connectivity index (χ0n) is 12.3. The van der Waals surface area contributed by atoms with Crippen LogP contribution in [0, 0.1) is 5.92 Å². The molecule has 0 aromatic heterocycles. The molecule has 2 atom stereocenters. The minimum absolute atomic E-state index is 0.163. The molecule has 5 heteroatoms. The lowest BCUT2D eigenvalue weighted by Gasteiger charge is -2.24. The lowest BCUT2D eigenvalue weighted by Crippen LogP contribution is -2.40. The number of nitrogens with one attached hydrogen (secondary N) is 1. The first kappa shape index (κ1) is 15.0. The molecule has 0 aliphatic heterocycles. The Labute approximate surface area is 127 Å². The molecule has 1 aromatic carbocycles. The molecule has 0 spiro atoms. The molecule has 2 aliphatic carbocycles. The molecular formula is C16H24N2O2S. The fourth-order valence-corrected chi connectivity index (χ4v) is 5.42. The molecular weight excluding hydrogens is 284 g/mol. The number of rotatable bonds is 4. The number of hydrogen-bond donors (Lipinski definition) is 2. The van der Waals surface area contributed by atoms with E-state index in [2.05, 4.69) is 4.72 Å². The van der Waals surface area contributed by atoms with Crippen LogP contribution < -0.4 is 10.5 Å². The zero-order chi connectivity index (χ0) is 14.9. The Bertz CT molecular complexity index is 594. The van der Waals surface area contributed by atoms with E-state index in [-0.39, 0.29) is 17.8 Å². The molecule has 2 unspecified atom stereocenters. The summed E-state index contributed by atoms with van der Waals surface area (Å²) in [6.45, 7) is 0. The lowest BCUT2D eigenvalue weighted by atomic mass is 9.91. The molecule has 0 radical (unpaired) electrons. The van der Waals surface area contributed by atoms with Crippen LogP contribution in [0.5, 0.6) is 0 Å². The van der Waals surface area contributed by atoms with Crippen molar-refractivity contribution in [3.8, 4) is 0 Å². The van der Waals surface area contributed by atoms with E-state index in [9.17, 15) is 8.42 Å². The molecule has 1 aromatic rings. The summed E-state index contributed by atoms with van der Waals surface area (Å²) in [4.78, 5) is 0. The number of sulfonamides is 1. The van der Waals surface area contributed by atoms with Gasteiger partial charge < -0.3 is 5.73 Å². The van der Waals surface area contributed by atoms with Crippen molar-refractivity contribution in [2.45, 2.75) is 50.6 Å². The molecule has 4 nitrogen and oxygen atoms in total. The highest BCUT2D eigenvalue weighted by Gasteiger charge is 2.33. The van der Waals surface area contributed by atoms with Gasteiger partial charge in [-0.1, -0.05) is 43.5 Å². The average Bonchev–Trinajstić information content (AvgIpc) is 2.75. The van der Waals surface area contributed by atoms with Crippen molar-refractivity contribution in [1.29, 1.82) is 0 Å². The van der Waals surface area contributed by atoms with Crippen LogP contribution in [0.25, 0.3) is 0 Å². The molecule has 21 heavy (non-hydrogen) atoms. The average molecular weight is 308 g/mol. The summed E-state index contributed by atoms with van der Waals surface area (Å²) in [5.74, 6) is 0.558. The molecule has 0 bridgehead atoms. The van der Waals surface area contributed by atoms with Crippen molar-refractivity contribution >= 4 is 10.0 Å². The smallest absolute Gasteiger partial charge is 0.212 e. The molecule has 3 N–H and O–H groups in total. The highest BCUT2D eigenvalue weighted by atomic mass is 32.2. The van der Waals surface area contributed by atoms with Gasteiger partial charge >= 0.3 is 0 Å². The van der Waals surface area contributed by atoms with E-state index in [1.54, 1.807) is 0 Å². The van der Waals surface area contributed by atoms with Crippen molar-refractivity contribution in [2.24, 2.45) is 11.7 Å². The lowest BCUT2D eigenvalue weighted by molar-refractivity contribution is 0.382. The van der Waals surface area contributed by atoms with E-state index in [0.717, 1.165) is 43.2 Å².